The monoisotopic (exact) mass is 872 g/mol. The Morgan fingerprint density at radius 3 is 1.02 bits per heavy atom. The van der Waals surface area contributed by atoms with Crippen LogP contribution in [0.3, 0.4) is 0 Å². The number of halogens is 2. The molecule has 0 atom stereocenters. The Kier molecular flexibility index (Phi) is 18.6. The molecule has 0 saturated carbocycles. The van der Waals surface area contributed by atoms with E-state index in [1.54, 1.807) is 0 Å². The fourth-order valence-corrected chi connectivity index (χ4v) is 4.47. The van der Waals surface area contributed by atoms with Gasteiger partial charge in [0, 0.05) is 17.1 Å². The van der Waals surface area contributed by atoms with E-state index < -0.39 is 17.3 Å². The van der Waals surface area contributed by atoms with Crippen LogP contribution in [0.1, 0.15) is 17.1 Å². The molecule has 6 aromatic heterocycles. The number of hydrogen-bond acceptors (Lipinski definition) is 12. The quantitative estimate of drug-likeness (QED) is 0.0755. The third kappa shape index (κ3) is 13.3. The third-order valence-electron chi connectivity index (χ3n) is 6.24. The number of hydrogen-bond donors (Lipinski definition) is 0. The molecular weight excluding hydrogens is 843 g/mol. The van der Waals surface area contributed by atoms with Crippen molar-refractivity contribution < 1.29 is 54.3 Å². The first kappa shape index (κ1) is 43.4. The second-order valence-corrected chi connectivity index (χ2v) is 10.5. The molecule has 18 nitrogen and oxygen atoms in total. The molecular formula is C28H30BCl2N11O7Tb+. The number of aryl methyl sites for hydroxylation is 3. The van der Waals surface area contributed by atoms with E-state index in [4.69, 9.17) is 69.1 Å². The van der Waals surface area contributed by atoms with Gasteiger partial charge in [0.05, 0.1) is 32.6 Å². The molecule has 50 heavy (non-hydrogen) atoms. The van der Waals surface area contributed by atoms with Crippen LogP contribution >= 0.6 is 23.2 Å². The average Bonchev–Trinajstić information content (AvgIpc) is 3.80. The first-order valence-corrected chi connectivity index (χ1v) is 14.9. The fraction of sp³-hybridized carbons (Fsp3) is 0.143. The largest absolute Gasteiger partial charge is 3.00 e. The van der Waals surface area contributed by atoms with Crippen molar-refractivity contribution in [3.05, 3.63) is 139 Å². The van der Waals surface area contributed by atoms with Gasteiger partial charge in [-0.1, -0.05) is 18.2 Å². The van der Waals surface area contributed by atoms with Crippen molar-refractivity contribution in [3.63, 3.8) is 0 Å². The maximum atomic E-state index is 8.25. The van der Waals surface area contributed by atoms with Crippen molar-refractivity contribution in [1.82, 2.24) is 44.0 Å². The van der Waals surface area contributed by atoms with Crippen LogP contribution in [0.2, 0.25) is 0 Å². The minimum atomic E-state index is -1.75. The summed E-state index contributed by atoms with van der Waals surface area (Å²) in [5.41, 5.74) is 7.69. The maximum Gasteiger partial charge on any atom is 3.00 e. The predicted molar refractivity (Wildman–Crippen MR) is 186 cm³/mol. The molecule has 3 N–H and O–H groups in total. The number of nitrogens with zero attached hydrogens (tertiary/aromatic N) is 11. The minimum absolute atomic E-state index is 0. The van der Waals surface area contributed by atoms with E-state index in [0.29, 0.717) is 0 Å². The topological polar surface area (TPSA) is 258 Å². The molecule has 0 aliphatic heterocycles. The smallest absolute Gasteiger partial charge is 0.457 e. The van der Waals surface area contributed by atoms with Gasteiger partial charge in [0.2, 0.25) is 0 Å². The SMILES string of the molecule is Cc1cccc(-c2ccn([BH-](n3ccc(-c4cccc(C)n4)n3)n3ccc(-c4cccc(C)n4)n3)n2)n1.ClCCl.O=[N+]([O-])[O-].O=[N+]([O-])[O-].[OH3+].[Tb+3]. The number of rotatable bonds is 6. The number of aromatic nitrogens is 9. The molecule has 6 rings (SSSR count). The molecule has 0 radical (unpaired) electrons. The van der Waals surface area contributed by atoms with Gasteiger partial charge in [-0.2, -0.15) is 0 Å². The first-order chi connectivity index (χ1) is 22.9. The summed E-state index contributed by atoms with van der Waals surface area (Å²) >= 11 is 9.53. The van der Waals surface area contributed by atoms with E-state index in [2.05, 4.69) is 15.0 Å². The van der Waals surface area contributed by atoms with E-state index in [0.717, 1.165) is 51.2 Å². The molecule has 264 valence electrons. The summed E-state index contributed by atoms with van der Waals surface area (Å²) in [6, 6.07) is 23.7. The standard InChI is InChI=1S/C27H25BN9.CH2Cl2.2NO3.H2O.Tb/c1-19-7-4-10-22(29-19)25-13-16-35(32-25)28(36-17-14-26(33-36)23-11-5-8-20(2)30-23)37-18-15-27(34-37)24-12-6-9-21(3)31-24;2-1-3;2*2-1(3)4;;/h4-18,28H,1-3H3;1H2;;;1H2;/q-1;;2*-1;;+3/p+1. The molecule has 0 aliphatic rings. The van der Waals surface area contributed by atoms with Crippen molar-refractivity contribution in [1.29, 1.82) is 0 Å². The van der Waals surface area contributed by atoms with Crippen LogP contribution in [0.15, 0.2) is 91.4 Å². The summed E-state index contributed by atoms with van der Waals surface area (Å²) in [5.74, 6) is 0. The van der Waals surface area contributed by atoms with Crippen molar-refractivity contribution in [2.24, 2.45) is 0 Å². The Hall–Kier alpha value is -4.63. The maximum absolute atomic E-state index is 8.25. The van der Waals surface area contributed by atoms with Gasteiger partial charge in [-0.05, 0) is 94.0 Å². The van der Waals surface area contributed by atoms with Gasteiger partial charge in [-0.25, -0.2) is 15.3 Å². The summed E-state index contributed by atoms with van der Waals surface area (Å²) < 4.78 is 5.75. The second kappa shape index (κ2) is 21.5. The Labute approximate surface area is 325 Å². The summed E-state index contributed by atoms with van der Waals surface area (Å²) in [6.45, 7) is 5.93. The van der Waals surface area contributed by atoms with E-state index >= 15 is 0 Å². The Morgan fingerprint density at radius 1 is 0.560 bits per heavy atom. The van der Waals surface area contributed by atoms with Crippen LogP contribution in [0, 0.1) is 90.0 Å². The van der Waals surface area contributed by atoms with Gasteiger partial charge in [0.25, 0.3) is 0 Å². The summed E-state index contributed by atoms with van der Waals surface area (Å²) in [5, 5.41) is 44.4. The Morgan fingerprint density at radius 2 is 0.800 bits per heavy atom. The van der Waals surface area contributed by atoms with Crippen LogP contribution < -0.4 is 0 Å². The molecule has 6 aromatic rings. The van der Waals surface area contributed by atoms with Gasteiger partial charge in [-0.3, -0.25) is 15.0 Å². The fourth-order valence-electron chi connectivity index (χ4n) is 4.47. The molecule has 22 heteroatoms. The van der Waals surface area contributed by atoms with Crippen molar-refractivity contribution in [3.8, 4) is 34.2 Å². The van der Waals surface area contributed by atoms with Crippen LogP contribution in [0.25, 0.3) is 34.2 Å². The van der Waals surface area contributed by atoms with Crippen LogP contribution in [-0.4, -0.2) is 66.7 Å². The zero-order chi connectivity index (χ0) is 35.2. The first-order valence-electron chi connectivity index (χ1n) is 13.8. The molecule has 0 unspecified atom stereocenters. The van der Waals surface area contributed by atoms with Crippen LogP contribution in [-0.2, 0) is 5.48 Å². The van der Waals surface area contributed by atoms with E-state index in [1.807, 2.05) is 126 Å². The van der Waals surface area contributed by atoms with E-state index in [9.17, 15) is 0 Å². The van der Waals surface area contributed by atoms with Crippen LogP contribution in [0.4, 0.5) is 0 Å². The van der Waals surface area contributed by atoms with Gasteiger partial charge in [-0.15, -0.1) is 23.2 Å². The van der Waals surface area contributed by atoms with Gasteiger partial charge < -0.3 is 49.9 Å². The Balaban J connectivity index is 0.000000851. The van der Waals surface area contributed by atoms with Gasteiger partial charge in [0.1, 0.15) is 17.1 Å². The molecule has 6 heterocycles. The second-order valence-electron chi connectivity index (χ2n) is 9.69. The number of alkyl halides is 2. The zero-order valence-corrected chi connectivity index (χ0v) is 30.3. The average molecular weight is 873 g/mol. The van der Waals surface area contributed by atoms with Gasteiger partial charge in [0.15, 0.2) is 0 Å². The number of pyridine rings is 3. The Bertz CT molecular complexity index is 1740. The van der Waals surface area contributed by atoms with E-state index in [1.165, 1.54) is 0 Å². The summed E-state index contributed by atoms with van der Waals surface area (Å²) in [6.07, 6.45) is 5.87. The van der Waals surface area contributed by atoms with E-state index in [-0.39, 0.29) is 49.4 Å². The summed E-state index contributed by atoms with van der Waals surface area (Å²) in [7, 11) is -1.59. The van der Waals surface area contributed by atoms with Crippen LogP contribution in [0.5, 0.6) is 0 Å². The normalized spacial score (nSPS) is 9.72. The van der Waals surface area contributed by atoms with Crippen molar-refractivity contribution in [2.45, 2.75) is 20.8 Å². The zero-order valence-electron chi connectivity index (χ0n) is 26.6. The molecule has 0 spiro atoms. The molecule has 0 aromatic carbocycles. The van der Waals surface area contributed by atoms with Crippen molar-refractivity contribution >= 4 is 30.3 Å². The van der Waals surface area contributed by atoms with Crippen molar-refractivity contribution in [2.75, 3.05) is 5.34 Å². The summed E-state index contributed by atoms with van der Waals surface area (Å²) in [4.78, 5) is 30.4. The molecule has 0 saturated heterocycles. The molecule has 0 bridgehead atoms. The minimum Gasteiger partial charge on any atom is -0.457 e. The predicted octanol–water partition coefficient (Wildman–Crippen LogP) is 4.07. The molecule has 0 fully saturated rings. The molecule has 0 amide bonds. The van der Waals surface area contributed by atoms with Gasteiger partial charge >= 0.3 is 45.7 Å². The molecule has 0 aliphatic carbocycles. The third-order valence-corrected chi connectivity index (χ3v) is 6.24.